The van der Waals surface area contributed by atoms with Gasteiger partial charge in [-0.3, -0.25) is 4.99 Å². The molecule has 0 atom stereocenters. The van der Waals surface area contributed by atoms with Crippen LogP contribution in [0.3, 0.4) is 0 Å². The number of likely N-dealkylation sites (N-methyl/N-ethyl adjacent to an activating group) is 1. The number of hydrogen-bond acceptors (Lipinski definition) is 2. The van der Waals surface area contributed by atoms with Gasteiger partial charge in [0.15, 0.2) is 0 Å². The third kappa shape index (κ3) is 5.85. The molecule has 21 heavy (non-hydrogen) atoms. The van der Waals surface area contributed by atoms with Crippen molar-refractivity contribution < 1.29 is 0 Å². The molecule has 0 amide bonds. The molecule has 0 saturated carbocycles. The summed E-state index contributed by atoms with van der Waals surface area (Å²) in [6, 6.07) is 0. The van der Waals surface area contributed by atoms with E-state index in [1.807, 2.05) is 63.3 Å². The molecule has 0 radical (unpaired) electrons. The number of hydrogen-bond donors (Lipinski definition) is 1. The maximum Gasteiger partial charge on any atom is 0.226 e. The van der Waals surface area contributed by atoms with Gasteiger partial charge in [0.2, 0.25) is 5.96 Å². The highest BCUT2D eigenvalue weighted by molar-refractivity contribution is 6.05. The Labute approximate surface area is 129 Å². The Balaban J connectivity index is 5.59. The fourth-order valence-corrected chi connectivity index (χ4v) is 1.54. The summed E-state index contributed by atoms with van der Waals surface area (Å²) in [6.07, 6.45) is 6.62. The second-order valence-electron chi connectivity index (χ2n) is 4.62. The number of nitrogens with one attached hydrogen (secondary N) is 1. The summed E-state index contributed by atoms with van der Waals surface area (Å²) >= 11 is 0. The van der Waals surface area contributed by atoms with Crippen LogP contribution in [0.25, 0.3) is 0 Å². The number of guanidine groups is 1. The summed E-state index contributed by atoms with van der Waals surface area (Å²) in [5.41, 5.74) is 2.06. The molecule has 0 aliphatic heterocycles. The van der Waals surface area contributed by atoms with Crippen molar-refractivity contribution in [3.8, 4) is 0 Å². The molecular weight excluding hydrogens is 262 g/mol. The Hall–Kier alpha value is -2.04. The van der Waals surface area contributed by atoms with Crippen LogP contribution >= 0.6 is 0 Å². The van der Waals surface area contributed by atoms with Gasteiger partial charge in [-0.05, 0) is 25.8 Å². The van der Waals surface area contributed by atoms with Gasteiger partial charge in [-0.15, -0.1) is 0 Å². The standard InChI is InChI=1S/C16H29N5/c1-9-13(3)15(20(7)12-11-17-5)19-16(18-6)21(8)14(4)10-2/h10-12,17H,3,9H2,1-2,4-8H3/b12-11-,14-10+,18-16+,19-15+. The molecule has 0 saturated heterocycles. The van der Waals surface area contributed by atoms with Crippen LogP contribution in [0.4, 0.5) is 0 Å². The van der Waals surface area contributed by atoms with E-state index in [0.29, 0.717) is 5.96 Å². The number of amidine groups is 1. The van der Waals surface area contributed by atoms with Gasteiger partial charge < -0.3 is 15.1 Å². The Morgan fingerprint density at radius 3 is 2.38 bits per heavy atom. The average Bonchev–Trinajstić information content (AvgIpc) is 2.51. The maximum absolute atomic E-state index is 4.69. The summed E-state index contributed by atoms with van der Waals surface area (Å²) in [5, 5.41) is 2.97. The summed E-state index contributed by atoms with van der Waals surface area (Å²) in [4.78, 5) is 12.9. The topological polar surface area (TPSA) is 43.2 Å². The quantitative estimate of drug-likeness (QED) is 0.625. The summed E-state index contributed by atoms with van der Waals surface area (Å²) in [7, 11) is 7.51. The molecule has 0 heterocycles. The van der Waals surface area contributed by atoms with E-state index < -0.39 is 0 Å². The minimum absolute atomic E-state index is 0.653. The van der Waals surface area contributed by atoms with Gasteiger partial charge in [0.25, 0.3) is 0 Å². The van der Waals surface area contributed by atoms with Crippen LogP contribution in [0.1, 0.15) is 27.2 Å². The van der Waals surface area contributed by atoms with Crippen LogP contribution in [0.2, 0.25) is 0 Å². The average molecular weight is 291 g/mol. The Morgan fingerprint density at radius 1 is 1.33 bits per heavy atom. The SMILES string of the molecule is C=C(CC)/C(=N\C(=N/C)N(C)/C(C)=C/C)N(C)/C=C\NC. The number of aliphatic imine (C=N–C) groups is 2. The molecule has 118 valence electrons. The molecule has 0 aliphatic rings. The second kappa shape index (κ2) is 9.80. The first kappa shape index (κ1) is 19.0. The van der Waals surface area contributed by atoms with E-state index >= 15 is 0 Å². The van der Waals surface area contributed by atoms with Crippen LogP contribution in [0.5, 0.6) is 0 Å². The molecule has 0 fully saturated rings. The lowest BCUT2D eigenvalue weighted by molar-refractivity contribution is 0.611. The zero-order valence-electron chi connectivity index (χ0n) is 14.4. The van der Waals surface area contributed by atoms with Crippen LogP contribution in [-0.4, -0.2) is 49.8 Å². The third-order valence-corrected chi connectivity index (χ3v) is 3.19. The van der Waals surface area contributed by atoms with Crippen molar-refractivity contribution in [3.63, 3.8) is 0 Å². The fourth-order valence-electron chi connectivity index (χ4n) is 1.54. The second-order valence-corrected chi connectivity index (χ2v) is 4.62. The van der Waals surface area contributed by atoms with Gasteiger partial charge in [0.1, 0.15) is 5.84 Å². The lowest BCUT2D eigenvalue weighted by Crippen LogP contribution is -2.29. The van der Waals surface area contributed by atoms with E-state index in [1.54, 1.807) is 7.05 Å². The monoisotopic (exact) mass is 291 g/mol. The molecule has 1 N–H and O–H groups in total. The van der Waals surface area contributed by atoms with Gasteiger partial charge in [0.05, 0.1) is 0 Å². The molecule has 0 aromatic carbocycles. The Kier molecular flexibility index (Phi) is 8.85. The molecule has 0 spiro atoms. The summed E-state index contributed by atoms with van der Waals surface area (Å²) < 4.78 is 0. The van der Waals surface area contributed by atoms with Crippen molar-refractivity contribution >= 4 is 11.8 Å². The Bertz CT molecular complexity index is 457. The van der Waals surface area contributed by atoms with Crippen molar-refractivity contribution in [1.29, 1.82) is 0 Å². The van der Waals surface area contributed by atoms with E-state index in [0.717, 1.165) is 23.5 Å². The molecule has 0 unspecified atom stereocenters. The highest BCUT2D eigenvalue weighted by atomic mass is 15.3. The van der Waals surface area contributed by atoms with Crippen molar-refractivity contribution in [3.05, 3.63) is 36.3 Å². The number of nitrogens with zero attached hydrogens (tertiary/aromatic N) is 4. The highest BCUT2D eigenvalue weighted by Gasteiger charge is 2.12. The molecule has 0 bridgehead atoms. The number of allylic oxidation sites excluding steroid dienone is 2. The van der Waals surface area contributed by atoms with E-state index in [4.69, 9.17) is 0 Å². The predicted octanol–water partition coefficient (Wildman–Crippen LogP) is 2.81. The van der Waals surface area contributed by atoms with Crippen molar-refractivity contribution in [1.82, 2.24) is 15.1 Å². The van der Waals surface area contributed by atoms with E-state index in [1.165, 1.54) is 0 Å². The first-order chi connectivity index (χ1) is 9.92. The maximum atomic E-state index is 4.69. The van der Waals surface area contributed by atoms with Crippen LogP contribution in [0.15, 0.2) is 46.3 Å². The number of rotatable bonds is 5. The van der Waals surface area contributed by atoms with Gasteiger partial charge in [-0.25, -0.2) is 0 Å². The minimum atomic E-state index is 0.653. The zero-order chi connectivity index (χ0) is 16.4. The molecule has 5 heteroatoms. The van der Waals surface area contributed by atoms with E-state index in [2.05, 4.69) is 28.8 Å². The van der Waals surface area contributed by atoms with Crippen LogP contribution < -0.4 is 5.32 Å². The van der Waals surface area contributed by atoms with E-state index in [-0.39, 0.29) is 0 Å². The first-order valence-electron chi connectivity index (χ1n) is 7.09. The molecule has 0 aromatic heterocycles. The molecular formula is C16H29N5. The van der Waals surface area contributed by atoms with Gasteiger partial charge in [-0.2, -0.15) is 4.99 Å². The summed E-state index contributed by atoms with van der Waals surface area (Å²) in [6.45, 7) is 10.2. The normalized spacial score (nSPS) is 13.6. The highest BCUT2D eigenvalue weighted by Crippen LogP contribution is 2.09. The first-order valence-corrected chi connectivity index (χ1v) is 7.09. The largest absolute Gasteiger partial charge is 0.393 e. The van der Waals surface area contributed by atoms with Crippen molar-refractivity contribution in [2.75, 3.05) is 28.2 Å². The molecule has 5 nitrogen and oxygen atoms in total. The molecule has 0 aliphatic carbocycles. The van der Waals surface area contributed by atoms with Crippen LogP contribution in [0, 0.1) is 0 Å². The van der Waals surface area contributed by atoms with E-state index in [9.17, 15) is 0 Å². The Morgan fingerprint density at radius 2 is 1.95 bits per heavy atom. The third-order valence-electron chi connectivity index (χ3n) is 3.19. The van der Waals surface area contributed by atoms with Gasteiger partial charge in [0, 0.05) is 46.3 Å². The summed E-state index contributed by atoms with van der Waals surface area (Å²) in [5.74, 6) is 1.46. The lowest BCUT2D eigenvalue weighted by Gasteiger charge is -2.23. The smallest absolute Gasteiger partial charge is 0.226 e. The lowest BCUT2D eigenvalue weighted by atomic mass is 10.2. The van der Waals surface area contributed by atoms with Crippen molar-refractivity contribution in [2.24, 2.45) is 9.98 Å². The van der Waals surface area contributed by atoms with Crippen LogP contribution in [-0.2, 0) is 0 Å². The molecule has 0 rings (SSSR count). The fraction of sp³-hybridized carbons (Fsp3) is 0.500. The molecule has 0 aromatic rings. The van der Waals surface area contributed by atoms with Gasteiger partial charge in [-0.1, -0.05) is 19.6 Å². The van der Waals surface area contributed by atoms with Gasteiger partial charge >= 0.3 is 0 Å². The zero-order valence-corrected chi connectivity index (χ0v) is 14.4. The minimum Gasteiger partial charge on any atom is -0.393 e. The predicted molar refractivity (Wildman–Crippen MR) is 93.4 cm³/mol. The van der Waals surface area contributed by atoms with Crippen molar-refractivity contribution in [2.45, 2.75) is 27.2 Å².